The standard InChI is InChI=1S/C31H44O5S/c1-9-23(36-29(34)37-24-13-11-10-12-14-24)17-18-27(32)35-21(2)15-16-22-19-25(30(3,4)5)28(33)26(20-22)31(6,7)8/h10-14,19-21,23,33H,9,15-18H2,1-8H3. The van der Waals surface area contributed by atoms with E-state index in [9.17, 15) is 14.7 Å². The molecule has 0 aliphatic carbocycles. The van der Waals surface area contributed by atoms with Crippen molar-refractivity contribution in [1.29, 1.82) is 0 Å². The molecule has 5 nitrogen and oxygen atoms in total. The summed E-state index contributed by atoms with van der Waals surface area (Å²) in [7, 11) is 0. The van der Waals surface area contributed by atoms with Crippen LogP contribution >= 0.6 is 11.8 Å². The normalized spacial score (nSPS) is 13.6. The van der Waals surface area contributed by atoms with Gasteiger partial charge >= 0.3 is 11.3 Å². The van der Waals surface area contributed by atoms with Crippen molar-refractivity contribution in [1.82, 2.24) is 0 Å². The summed E-state index contributed by atoms with van der Waals surface area (Å²) in [6.07, 6.45) is 2.13. The molecule has 37 heavy (non-hydrogen) atoms. The number of hydrogen-bond donors (Lipinski definition) is 1. The number of aromatic hydroxyl groups is 1. The zero-order chi connectivity index (χ0) is 27.8. The summed E-state index contributed by atoms with van der Waals surface area (Å²) >= 11 is 1.05. The summed E-state index contributed by atoms with van der Waals surface area (Å²) in [5.41, 5.74) is 2.63. The number of ether oxygens (including phenoxy) is 2. The van der Waals surface area contributed by atoms with Crippen molar-refractivity contribution in [3.63, 3.8) is 0 Å². The van der Waals surface area contributed by atoms with Crippen LogP contribution in [0.1, 0.15) is 97.8 Å². The van der Waals surface area contributed by atoms with Crippen LogP contribution in [0.25, 0.3) is 0 Å². The fourth-order valence-electron chi connectivity index (χ4n) is 4.06. The molecule has 0 radical (unpaired) electrons. The van der Waals surface area contributed by atoms with Gasteiger partial charge in [-0.15, -0.1) is 0 Å². The minimum atomic E-state index is -0.363. The number of thioether (sulfide) groups is 1. The van der Waals surface area contributed by atoms with E-state index in [2.05, 4.69) is 53.7 Å². The van der Waals surface area contributed by atoms with Crippen LogP contribution in [-0.4, -0.2) is 28.6 Å². The van der Waals surface area contributed by atoms with Gasteiger partial charge in [0.15, 0.2) is 0 Å². The van der Waals surface area contributed by atoms with E-state index in [0.29, 0.717) is 25.0 Å². The van der Waals surface area contributed by atoms with E-state index in [1.807, 2.05) is 44.2 Å². The molecule has 0 saturated carbocycles. The average Bonchev–Trinajstić information content (AvgIpc) is 2.80. The lowest BCUT2D eigenvalue weighted by Gasteiger charge is -2.28. The lowest BCUT2D eigenvalue weighted by molar-refractivity contribution is -0.149. The van der Waals surface area contributed by atoms with E-state index >= 15 is 0 Å². The van der Waals surface area contributed by atoms with Crippen molar-refractivity contribution in [2.75, 3.05) is 0 Å². The summed E-state index contributed by atoms with van der Waals surface area (Å²) < 4.78 is 11.2. The number of aryl methyl sites for hydroxylation is 1. The predicted octanol–water partition coefficient (Wildman–Crippen LogP) is 8.34. The second-order valence-corrected chi connectivity index (χ2v) is 12.7. The van der Waals surface area contributed by atoms with E-state index < -0.39 is 0 Å². The monoisotopic (exact) mass is 528 g/mol. The van der Waals surface area contributed by atoms with Crippen molar-refractivity contribution in [2.24, 2.45) is 0 Å². The summed E-state index contributed by atoms with van der Waals surface area (Å²) in [4.78, 5) is 25.5. The molecule has 2 rings (SSSR count). The van der Waals surface area contributed by atoms with Crippen LogP contribution < -0.4 is 0 Å². The second-order valence-electron chi connectivity index (χ2n) is 11.7. The highest BCUT2D eigenvalue weighted by atomic mass is 32.2. The molecule has 6 heteroatoms. The second kappa shape index (κ2) is 13.4. The number of esters is 1. The van der Waals surface area contributed by atoms with Crippen LogP contribution in [0.3, 0.4) is 0 Å². The average molecular weight is 529 g/mol. The Bertz CT molecular complexity index is 999. The first-order valence-electron chi connectivity index (χ1n) is 13.2. The van der Waals surface area contributed by atoms with Gasteiger partial charge in [0.2, 0.25) is 0 Å². The fraction of sp³-hybridized carbons (Fsp3) is 0.548. The highest BCUT2D eigenvalue weighted by molar-refractivity contribution is 8.13. The molecule has 2 atom stereocenters. The van der Waals surface area contributed by atoms with Crippen molar-refractivity contribution < 1.29 is 24.2 Å². The van der Waals surface area contributed by atoms with Gasteiger partial charge < -0.3 is 14.6 Å². The topological polar surface area (TPSA) is 72.8 Å². The molecule has 0 heterocycles. The molecule has 0 fully saturated rings. The van der Waals surface area contributed by atoms with E-state index in [1.165, 1.54) is 0 Å². The summed E-state index contributed by atoms with van der Waals surface area (Å²) in [5, 5.41) is 10.6. The van der Waals surface area contributed by atoms with Crippen molar-refractivity contribution in [3.8, 4) is 5.75 Å². The molecule has 0 aliphatic rings. The van der Waals surface area contributed by atoms with Gasteiger partial charge in [0.1, 0.15) is 11.9 Å². The number of benzene rings is 2. The quantitative estimate of drug-likeness (QED) is 0.247. The minimum absolute atomic E-state index is 0.183. The maximum atomic E-state index is 12.5. The van der Waals surface area contributed by atoms with Gasteiger partial charge in [-0.3, -0.25) is 4.79 Å². The summed E-state index contributed by atoms with van der Waals surface area (Å²) in [6, 6.07) is 13.5. The predicted molar refractivity (Wildman–Crippen MR) is 151 cm³/mol. The Labute approximate surface area is 227 Å². The highest BCUT2D eigenvalue weighted by Gasteiger charge is 2.26. The van der Waals surface area contributed by atoms with Gasteiger partial charge in [-0.25, -0.2) is 4.79 Å². The summed E-state index contributed by atoms with van der Waals surface area (Å²) in [5.74, 6) is 0.0887. The zero-order valence-electron chi connectivity index (χ0n) is 23.7. The van der Waals surface area contributed by atoms with Crippen LogP contribution in [-0.2, 0) is 31.5 Å². The van der Waals surface area contributed by atoms with Gasteiger partial charge in [0, 0.05) is 11.3 Å². The number of phenolic OH excluding ortho intramolecular Hbond substituents is 1. The van der Waals surface area contributed by atoms with Crippen molar-refractivity contribution in [3.05, 3.63) is 59.2 Å². The smallest absolute Gasteiger partial charge is 0.372 e. The fourth-order valence-corrected chi connectivity index (χ4v) is 4.73. The Balaban J connectivity index is 1.89. The largest absolute Gasteiger partial charge is 0.507 e. The van der Waals surface area contributed by atoms with Crippen molar-refractivity contribution >= 4 is 23.0 Å². The first-order valence-corrected chi connectivity index (χ1v) is 14.0. The number of rotatable bonds is 10. The molecule has 0 saturated heterocycles. The van der Waals surface area contributed by atoms with Crippen LogP contribution in [0.5, 0.6) is 5.75 Å². The Morgan fingerprint density at radius 1 is 0.919 bits per heavy atom. The third-order valence-electron chi connectivity index (χ3n) is 6.29. The highest BCUT2D eigenvalue weighted by Crippen LogP contribution is 2.40. The van der Waals surface area contributed by atoms with E-state index in [-0.39, 0.29) is 40.7 Å². The Kier molecular flexibility index (Phi) is 11.1. The zero-order valence-corrected chi connectivity index (χ0v) is 24.5. The molecule has 1 N–H and O–H groups in total. The SMILES string of the molecule is CCC(CCC(=O)OC(C)CCc1cc(C(C)(C)C)c(O)c(C(C)(C)C)c1)OC(=O)Sc1ccccc1. The molecule has 0 amide bonds. The number of hydrogen-bond acceptors (Lipinski definition) is 6. The number of phenols is 1. The third kappa shape index (κ3) is 10.1. The molecule has 0 aromatic heterocycles. The number of carbonyl (C=O) groups excluding carboxylic acids is 2. The maximum absolute atomic E-state index is 12.5. The molecule has 2 aromatic rings. The Hall–Kier alpha value is -2.47. The van der Waals surface area contributed by atoms with E-state index in [4.69, 9.17) is 9.47 Å². The van der Waals surface area contributed by atoms with Crippen molar-refractivity contribution in [2.45, 2.75) is 115 Å². The van der Waals surface area contributed by atoms with Crippen LogP contribution in [0, 0.1) is 0 Å². The van der Waals surface area contributed by atoms with Crippen LogP contribution in [0.15, 0.2) is 47.4 Å². The molecule has 0 aliphatic heterocycles. The van der Waals surface area contributed by atoms with Gasteiger partial charge in [0.25, 0.3) is 0 Å². The minimum Gasteiger partial charge on any atom is -0.507 e. The molecular formula is C31H44O5S. The van der Waals surface area contributed by atoms with Gasteiger partial charge in [-0.1, -0.05) is 78.8 Å². The molecular weight excluding hydrogens is 484 g/mol. The maximum Gasteiger partial charge on any atom is 0.372 e. The lowest BCUT2D eigenvalue weighted by atomic mass is 9.78. The molecule has 204 valence electrons. The Morgan fingerprint density at radius 3 is 2.00 bits per heavy atom. The molecule has 0 bridgehead atoms. The molecule has 2 aromatic carbocycles. The lowest BCUT2D eigenvalue weighted by Crippen LogP contribution is -2.20. The van der Waals surface area contributed by atoms with E-state index in [0.717, 1.165) is 39.8 Å². The molecule has 2 unspecified atom stereocenters. The summed E-state index contributed by atoms with van der Waals surface area (Å²) in [6.45, 7) is 16.4. The number of carbonyl (C=O) groups is 2. The molecule has 0 spiro atoms. The van der Waals surface area contributed by atoms with Gasteiger partial charge in [0.05, 0.1) is 6.10 Å². The van der Waals surface area contributed by atoms with E-state index in [1.54, 1.807) is 0 Å². The Morgan fingerprint density at radius 2 is 1.49 bits per heavy atom. The van der Waals surface area contributed by atoms with Gasteiger partial charge in [-0.05, 0) is 84.0 Å². The third-order valence-corrected chi connectivity index (χ3v) is 7.06. The van der Waals surface area contributed by atoms with Crippen LogP contribution in [0.2, 0.25) is 0 Å². The first-order chi connectivity index (χ1) is 17.2. The van der Waals surface area contributed by atoms with Gasteiger partial charge in [-0.2, -0.15) is 0 Å². The van der Waals surface area contributed by atoms with Crippen LogP contribution in [0.4, 0.5) is 4.79 Å². The first kappa shape index (κ1) is 30.8.